The second-order valence-corrected chi connectivity index (χ2v) is 6.32. The van der Waals surface area contributed by atoms with E-state index >= 15 is 0 Å². The third-order valence-corrected chi connectivity index (χ3v) is 4.35. The highest BCUT2D eigenvalue weighted by atomic mass is 35.5. The monoisotopic (exact) mass is 382 g/mol. The zero-order valence-corrected chi connectivity index (χ0v) is 16.1. The average Bonchev–Trinajstić information content (AvgIpc) is 2.69. The first kappa shape index (κ1) is 18.8. The lowest BCUT2D eigenvalue weighted by Gasteiger charge is -2.14. The Balaban J connectivity index is 2.12. The summed E-state index contributed by atoms with van der Waals surface area (Å²) in [5.41, 5.74) is 3.41. The number of nitrogens with one attached hydrogen (secondary N) is 2. The van der Waals surface area contributed by atoms with Crippen molar-refractivity contribution in [3.05, 3.63) is 59.2 Å². The van der Waals surface area contributed by atoms with Crippen LogP contribution in [0, 0.1) is 5.41 Å². The smallest absolute Gasteiger partial charge is 0.200 e. The molecule has 0 radical (unpaired) electrons. The van der Waals surface area contributed by atoms with Gasteiger partial charge in [0.2, 0.25) is 0 Å². The number of hydrogen-bond acceptors (Lipinski definition) is 5. The second kappa shape index (κ2) is 8.16. The van der Waals surface area contributed by atoms with Gasteiger partial charge in [-0.25, -0.2) is 9.97 Å². The Labute approximate surface area is 163 Å². The van der Waals surface area contributed by atoms with Gasteiger partial charge in [0.25, 0.3) is 0 Å². The standard InChI is InChI=1S/C20H20ClN5O/c1-12(22)17-18(23-2)20(24-14-9-10-15(21)16(11-14)27-3)26-19(25-17)13-7-5-4-6-8-13/h4-11,22-23H,1-3H3,(H,24,25,26)/p+1. The van der Waals surface area contributed by atoms with Crippen LogP contribution in [0.1, 0.15) is 12.6 Å². The number of ether oxygens (including phenoxy) is 1. The Morgan fingerprint density at radius 3 is 2.52 bits per heavy atom. The number of methoxy groups -OCH3 is 1. The lowest BCUT2D eigenvalue weighted by Crippen LogP contribution is -2.73. The number of benzene rings is 2. The molecule has 0 spiro atoms. The zero-order valence-electron chi connectivity index (χ0n) is 15.4. The molecule has 0 atom stereocenters. The number of aromatic nitrogens is 2. The highest BCUT2D eigenvalue weighted by Crippen LogP contribution is 2.31. The fourth-order valence-electron chi connectivity index (χ4n) is 2.71. The molecule has 1 heterocycles. The van der Waals surface area contributed by atoms with E-state index in [1.54, 1.807) is 20.1 Å². The minimum Gasteiger partial charge on any atom is -0.495 e. The summed E-state index contributed by atoms with van der Waals surface area (Å²) in [4.78, 5) is 9.32. The van der Waals surface area contributed by atoms with Gasteiger partial charge in [0.15, 0.2) is 23.0 Å². The van der Waals surface area contributed by atoms with Gasteiger partial charge in [0, 0.05) is 17.3 Å². The molecule has 6 nitrogen and oxygen atoms in total. The van der Waals surface area contributed by atoms with E-state index < -0.39 is 0 Å². The molecule has 0 saturated heterocycles. The van der Waals surface area contributed by atoms with E-state index in [0.29, 0.717) is 33.8 Å². The zero-order chi connectivity index (χ0) is 19.4. The molecule has 0 amide bonds. The van der Waals surface area contributed by atoms with E-state index in [4.69, 9.17) is 26.7 Å². The second-order valence-electron chi connectivity index (χ2n) is 5.91. The van der Waals surface area contributed by atoms with E-state index in [-0.39, 0.29) is 0 Å². The largest absolute Gasteiger partial charge is 0.495 e. The lowest BCUT2D eigenvalue weighted by molar-refractivity contribution is -0.539. The van der Waals surface area contributed by atoms with E-state index in [1.165, 1.54) is 0 Å². The lowest BCUT2D eigenvalue weighted by atomic mass is 10.1. The predicted octanol–water partition coefficient (Wildman–Crippen LogP) is 3.76. The van der Waals surface area contributed by atoms with Gasteiger partial charge in [-0.3, -0.25) is 0 Å². The van der Waals surface area contributed by atoms with Crippen LogP contribution in [0.3, 0.4) is 0 Å². The maximum Gasteiger partial charge on any atom is 0.200 e. The molecule has 1 aromatic heterocycles. The van der Waals surface area contributed by atoms with Gasteiger partial charge in [-0.05, 0) is 19.1 Å². The van der Waals surface area contributed by atoms with Crippen molar-refractivity contribution in [2.75, 3.05) is 19.5 Å². The number of nitrogens with two attached hydrogens (primary N) is 1. The fraction of sp³-hybridized carbons (Fsp3) is 0.150. The van der Waals surface area contributed by atoms with Gasteiger partial charge in [-0.2, -0.15) is 0 Å². The molecule has 7 heteroatoms. The van der Waals surface area contributed by atoms with Gasteiger partial charge in [-0.1, -0.05) is 41.9 Å². The normalized spacial score (nSPS) is 10.5. The summed E-state index contributed by atoms with van der Waals surface area (Å²) >= 11 is 6.12. The van der Waals surface area contributed by atoms with Crippen LogP contribution in [-0.2, 0) is 0 Å². The Hall–Kier alpha value is -2.96. The van der Waals surface area contributed by atoms with Crippen molar-refractivity contribution in [2.24, 2.45) is 0 Å². The highest BCUT2D eigenvalue weighted by molar-refractivity contribution is 6.32. The van der Waals surface area contributed by atoms with Crippen molar-refractivity contribution in [3.63, 3.8) is 0 Å². The first-order chi connectivity index (χ1) is 13.0. The third-order valence-electron chi connectivity index (χ3n) is 4.04. The molecule has 27 heavy (non-hydrogen) atoms. The first-order valence-corrected chi connectivity index (χ1v) is 8.84. The van der Waals surface area contributed by atoms with E-state index in [1.807, 2.05) is 54.8 Å². The SMILES string of the molecule is C[NH2+]c1c(Nc2ccc(Cl)c(OC)c2)nc(-c2ccccc2)nc1C(C)=N. The number of anilines is 2. The number of rotatable bonds is 6. The number of nitrogens with zero attached hydrogens (tertiary/aromatic N) is 2. The number of hydrogen-bond donors (Lipinski definition) is 3. The van der Waals surface area contributed by atoms with Gasteiger partial charge < -0.3 is 20.8 Å². The Morgan fingerprint density at radius 1 is 1.15 bits per heavy atom. The molecule has 0 saturated carbocycles. The molecule has 0 bridgehead atoms. The van der Waals surface area contributed by atoms with Gasteiger partial charge in [-0.15, -0.1) is 0 Å². The van der Waals surface area contributed by atoms with Gasteiger partial charge >= 0.3 is 0 Å². The van der Waals surface area contributed by atoms with Crippen molar-refractivity contribution in [2.45, 2.75) is 6.92 Å². The van der Waals surface area contributed by atoms with Crippen molar-refractivity contribution in [1.82, 2.24) is 9.97 Å². The quantitative estimate of drug-likeness (QED) is 0.566. The summed E-state index contributed by atoms with van der Waals surface area (Å²) in [6.45, 7) is 1.72. The maximum atomic E-state index is 8.13. The molecule has 138 valence electrons. The number of halogens is 1. The molecule has 0 unspecified atom stereocenters. The molecule has 0 aliphatic heterocycles. The molecular formula is C20H21ClN5O+. The summed E-state index contributed by atoms with van der Waals surface area (Å²) < 4.78 is 5.29. The molecule has 0 aliphatic carbocycles. The van der Waals surface area contributed by atoms with E-state index in [9.17, 15) is 0 Å². The fourth-order valence-corrected chi connectivity index (χ4v) is 2.91. The van der Waals surface area contributed by atoms with Crippen LogP contribution in [0.25, 0.3) is 11.4 Å². The molecule has 3 aromatic rings. The van der Waals surface area contributed by atoms with Crippen LogP contribution in [0.5, 0.6) is 5.75 Å². The summed E-state index contributed by atoms with van der Waals surface area (Å²) in [5.74, 6) is 1.76. The molecule has 0 aliphatic rings. The highest BCUT2D eigenvalue weighted by Gasteiger charge is 2.20. The van der Waals surface area contributed by atoms with Crippen LogP contribution >= 0.6 is 11.6 Å². The van der Waals surface area contributed by atoms with Gasteiger partial charge in [0.05, 0.1) is 24.9 Å². The topological polar surface area (TPSA) is 87.5 Å². The van der Waals surface area contributed by atoms with Gasteiger partial charge in [0.1, 0.15) is 5.75 Å². The summed E-state index contributed by atoms with van der Waals surface area (Å²) in [6, 6.07) is 15.1. The van der Waals surface area contributed by atoms with Crippen LogP contribution in [0.2, 0.25) is 5.02 Å². The summed E-state index contributed by atoms with van der Waals surface area (Å²) in [6.07, 6.45) is 0. The van der Waals surface area contributed by atoms with Crippen LogP contribution in [0.15, 0.2) is 48.5 Å². The Bertz CT molecular complexity index is 976. The van der Waals surface area contributed by atoms with E-state index in [0.717, 1.165) is 16.9 Å². The maximum absolute atomic E-state index is 8.13. The molecular weight excluding hydrogens is 362 g/mol. The van der Waals surface area contributed by atoms with Crippen molar-refractivity contribution < 1.29 is 10.1 Å². The Kier molecular flexibility index (Phi) is 5.69. The van der Waals surface area contributed by atoms with Crippen molar-refractivity contribution >= 4 is 34.5 Å². The number of quaternary nitrogens is 1. The molecule has 4 N–H and O–H groups in total. The Morgan fingerprint density at radius 2 is 1.89 bits per heavy atom. The first-order valence-electron chi connectivity index (χ1n) is 8.46. The van der Waals surface area contributed by atoms with Crippen molar-refractivity contribution in [3.8, 4) is 17.1 Å². The predicted molar refractivity (Wildman–Crippen MR) is 109 cm³/mol. The third kappa shape index (κ3) is 4.07. The van der Waals surface area contributed by atoms with Crippen LogP contribution in [-0.4, -0.2) is 29.8 Å². The molecule has 2 aromatic carbocycles. The molecule has 3 rings (SSSR count). The minimum absolute atomic E-state index is 0.374. The molecule has 0 fully saturated rings. The van der Waals surface area contributed by atoms with Crippen molar-refractivity contribution in [1.29, 1.82) is 5.41 Å². The summed E-state index contributed by atoms with van der Waals surface area (Å²) in [7, 11) is 3.48. The summed E-state index contributed by atoms with van der Waals surface area (Å²) in [5, 5.41) is 13.9. The average molecular weight is 383 g/mol. The van der Waals surface area contributed by atoms with Crippen LogP contribution < -0.4 is 15.4 Å². The minimum atomic E-state index is 0.374. The van der Waals surface area contributed by atoms with E-state index in [2.05, 4.69) is 10.3 Å². The van der Waals surface area contributed by atoms with Crippen LogP contribution in [0.4, 0.5) is 17.2 Å².